The summed E-state index contributed by atoms with van der Waals surface area (Å²) >= 11 is 0. The molecule has 17 heavy (non-hydrogen) atoms. The Labute approximate surface area is 108 Å². The zero-order valence-corrected chi connectivity index (χ0v) is 12.0. The molecule has 2 nitrogen and oxygen atoms in total. The summed E-state index contributed by atoms with van der Waals surface area (Å²) in [7, 11) is 0. The van der Waals surface area contributed by atoms with Gasteiger partial charge >= 0.3 is 0 Å². The molecular weight excluding hydrogens is 208 g/mol. The lowest BCUT2D eigenvalue weighted by molar-refractivity contribution is 0.259. The molecule has 0 aromatic heterocycles. The maximum absolute atomic E-state index is 5.81. The summed E-state index contributed by atoms with van der Waals surface area (Å²) in [6, 6.07) is 0.760. The van der Waals surface area contributed by atoms with Crippen molar-refractivity contribution in [3.63, 3.8) is 0 Å². The van der Waals surface area contributed by atoms with Crippen LogP contribution in [0.5, 0.6) is 0 Å². The fourth-order valence-electron chi connectivity index (χ4n) is 2.97. The Kier molecular flexibility index (Phi) is 7.14. The third-order valence-corrected chi connectivity index (χ3v) is 4.46. The van der Waals surface area contributed by atoms with Crippen LogP contribution in [0.3, 0.4) is 0 Å². The van der Waals surface area contributed by atoms with E-state index in [0.29, 0.717) is 11.8 Å². The average Bonchev–Trinajstić information content (AvgIpc) is 2.32. The minimum atomic E-state index is 0.642. The topological polar surface area (TPSA) is 38.0 Å². The van der Waals surface area contributed by atoms with E-state index in [-0.39, 0.29) is 0 Å². The van der Waals surface area contributed by atoms with Gasteiger partial charge in [-0.15, -0.1) is 0 Å². The van der Waals surface area contributed by atoms with Crippen molar-refractivity contribution in [3.05, 3.63) is 0 Å². The summed E-state index contributed by atoms with van der Waals surface area (Å²) in [6.45, 7) is 8.78. The first-order valence-corrected chi connectivity index (χ1v) is 7.60. The van der Waals surface area contributed by atoms with Crippen LogP contribution in [0.1, 0.15) is 59.3 Å². The lowest BCUT2D eigenvalue weighted by Gasteiger charge is -2.31. The Morgan fingerprint density at radius 1 is 1.18 bits per heavy atom. The summed E-state index contributed by atoms with van der Waals surface area (Å²) in [5.41, 5.74) is 5.81. The molecule has 0 amide bonds. The third kappa shape index (κ3) is 5.39. The smallest absolute Gasteiger partial charge is 0.00673 e. The van der Waals surface area contributed by atoms with E-state index in [1.807, 2.05) is 0 Å². The molecule has 3 N–H and O–H groups in total. The van der Waals surface area contributed by atoms with Crippen LogP contribution in [-0.2, 0) is 0 Å². The second-order valence-corrected chi connectivity index (χ2v) is 6.15. The van der Waals surface area contributed by atoms with Crippen LogP contribution in [0.15, 0.2) is 0 Å². The molecular formula is C15H32N2. The maximum Gasteiger partial charge on any atom is 0.00673 e. The largest absolute Gasteiger partial charge is 0.330 e. The summed E-state index contributed by atoms with van der Waals surface area (Å²) in [5, 5.41) is 3.74. The lowest BCUT2D eigenvalue weighted by atomic mass is 9.83. The highest BCUT2D eigenvalue weighted by Gasteiger charge is 2.21. The molecule has 1 atom stereocenters. The van der Waals surface area contributed by atoms with Crippen LogP contribution in [-0.4, -0.2) is 19.1 Å². The van der Waals surface area contributed by atoms with E-state index in [4.69, 9.17) is 5.73 Å². The van der Waals surface area contributed by atoms with Crippen molar-refractivity contribution >= 4 is 0 Å². The van der Waals surface area contributed by atoms with E-state index in [9.17, 15) is 0 Å². The lowest BCUT2D eigenvalue weighted by Crippen LogP contribution is -2.39. The molecule has 1 aliphatic rings. The number of hydrogen-bond acceptors (Lipinski definition) is 2. The van der Waals surface area contributed by atoms with Gasteiger partial charge < -0.3 is 11.1 Å². The van der Waals surface area contributed by atoms with Crippen molar-refractivity contribution in [3.8, 4) is 0 Å². The molecule has 1 rings (SSSR count). The number of nitrogens with one attached hydrogen (secondary N) is 1. The SMILES string of the molecule is CCCC1CCC(NCC(CN)C(C)C)CC1. The first-order chi connectivity index (χ1) is 8.17. The molecule has 0 bridgehead atoms. The van der Waals surface area contributed by atoms with Crippen molar-refractivity contribution < 1.29 is 0 Å². The molecule has 1 saturated carbocycles. The van der Waals surface area contributed by atoms with Crippen molar-refractivity contribution in [2.75, 3.05) is 13.1 Å². The van der Waals surface area contributed by atoms with Crippen LogP contribution >= 0.6 is 0 Å². The van der Waals surface area contributed by atoms with E-state index in [2.05, 4.69) is 26.1 Å². The van der Waals surface area contributed by atoms with Crippen molar-refractivity contribution in [2.24, 2.45) is 23.5 Å². The maximum atomic E-state index is 5.81. The third-order valence-electron chi connectivity index (χ3n) is 4.46. The van der Waals surface area contributed by atoms with E-state index in [1.54, 1.807) is 0 Å². The fraction of sp³-hybridized carbons (Fsp3) is 1.00. The molecule has 0 spiro atoms. The number of hydrogen-bond donors (Lipinski definition) is 2. The van der Waals surface area contributed by atoms with Gasteiger partial charge in [-0.25, -0.2) is 0 Å². The summed E-state index contributed by atoms with van der Waals surface area (Å²) in [6.07, 6.45) is 8.40. The molecule has 2 heteroatoms. The Hall–Kier alpha value is -0.0800. The number of rotatable bonds is 7. The van der Waals surface area contributed by atoms with Crippen LogP contribution in [0.4, 0.5) is 0 Å². The Balaban J connectivity index is 2.17. The standard InChI is InChI=1S/C15H32N2/c1-4-5-13-6-8-15(9-7-13)17-11-14(10-16)12(2)3/h12-15,17H,4-11,16H2,1-3H3. The second kappa shape index (κ2) is 8.10. The molecule has 0 saturated heterocycles. The highest BCUT2D eigenvalue weighted by atomic mass is 14.9. The Bertz CT molecular complexity index is 183. The summed E-state index contributed by atoms with van der Waals surface area (Å²) in [5.74, 6) is 2.35. The highest BCUT2D eigenvalue weighted by Crippen LogP contribution is 2.27. The van der Waals surface area contributed by atoms with Gasteiger partial charge in [0.2, 0.25) is 0 Å². The zero-order chi connectivity index (χ0) is 12.7. The van der Waals surface area contributed by atoms with Crippen molar-refractivity contribution in [1.82, 2.24) is 5.32 Å². The van der Waals surface area contributed by atoms with E-state index in [0.717, 1.165) is 25.0 Å². The van der Waals surface area contributed by atoms with Crippen LogP contribution in [0, 0.1) is 17.8 Å². The van der Waals surface area contributed by atoms with Gasteiger partial charge in [0.25, 0.3) is 0 Å². The van der Waals surface area contributed by atoms with Gasteiger partial charge in [0.15, 0.2) is 0 Å². The van der Waals surface area contributed by atoms with Crippen LogP contribution in [0.25, 0.3) is 0 Å². The second-order valence-electron chi connectivity index (χ2n) is 6.15. The van der Waals surface area contributed by atoms with Gasteiger partial charge in [0.1, 0.15) is 0 Å². The molecule has 0 heterocycles. The molecule has 102 valence electrons. The minimum Gasteiger partial charge on any atom is -0.330 e. The highest BCUT2D eigenvalue weighted by molar-refractivity contribution is 4.78. The van der Waals surface area contributed by atoms with E-state index in [1.165, 1.54) is 38.5 Å². The monoisotopic (exact) mass is 240 g/mol. The first-order valence-electron chi connectivity index (χ1n) is 7.60. The molecule has 1 unspecified atom stereocenters. The zero-order valence-electron chi connectivity index (χ0n) is 12.0. The molecule has 0 radical (unpaired) electrons. The van der Waals surface area contributed by atoms with Gasteiger partial charge in [-0.3, -0.25) is 0 Å². The fourth-order valence-corrected chi connectivity index (χ4v) is 2.97. The van der Waals surface area contributed by atoms with Gasteiger partial charge in [0, 0.05) is 6.04 Å². The number of nitrogens with two attached hydrogens (primary N) is 1. The first kappa shape index (κ1) is 15.0. The van der Waals surface area contributed by atoms with Crippen LogP contribution in [0.2, 0.25) is 0 Å². The van der Waals surface area contributed by atoms with Gasteiger partial charge in [-0.1, -0.05) is 33.6 Å². The normalized spacial score (nSPS) is 27.4. The molecule has 1 fully saturated rings. The molecule has 0 aromatic carbocycles. The minimum absolute atomic E-state index is 0.642. The van der Waals surface area contributed by atoms with Gasteiger partial charge in [-0.05, 0) is 56.5 Å². The van der Waals surface area contributed by atoms with E-state index >= 15 is 0 Å². The average molecular weight is 240 g/mol. The summed E-state index contributed by atoms with van der Waals surface area (Å²) in [4.78, 5) is 0. The Morgan fingerprint density at radius 3 is 2.29 bits per heavy atom. The predicted octanol–water partition coefficient (Wildman–Crippen LogP) is 3.17. The molecule has 0 aromatic rings. The van der Waals surface area contributed by atoms with Crippen LogP contribution < -0.4 is 11.1 Å². The van der Waals surface area contributed by atoms with Gasteiger partial charge in [-0.2, -0.15) is 0 Å². The molecule has 0 aliphatic heterocycles. The summed E-state index contributed by atoms with van der Waals surface area (Å²) < 4.78 is 0. The Morgan fingerprint density at radius 2 is 1.82 bits per heavy atom. The molecule has 1 aliphatic carbocycles. The van der Waals surface area contributed by atoms with Gasteiger partial charge in [0.05, 0.1) is 0 Å². The van der Waals surface area contributed by atoms with E-state index < -0.39 is 0 Å². The quantitative estimate of drug-likeness (QED) is 0.717. The van der Waals surface area contributed by atoms with Crippen molar-refractivity contribution in [2.45, 2.75) is 65.3 Å². The van der Waals surface area contributed by atoms with Crippen molar-refractivity contribution in [1.29, 1.82) is 0 Å². The predicted molar refractivity (Wildman–Crippen MR) is 76.0 cm³/mol.